The molecule has 0 spiro atoms. The summed E-state index contributed by atoms with van der Waals surface area (Å²) in [5.41, 5.74) is 0.512. The van der Waals surface area contributed by atoms with Gasteiger partial charge in [0.15, 0.2) is 5.16 Å². The fourth-order valence-electron chi connectivity index (χ4n) is 2.25. The lowest BCUT2D eigenvalue weighted by atomic mass is 10.2. The Bertz CT molecular complexity index is 918. The Morgan fingerprint density at radius 1 is 1.33 bits per heavy atom. The van der Waals surface area contributed by atoms with Crippen molar-refractivity contribution in [2.45, 2.75) is 23.9 Å². The predicted molar refractivity (Wildman–Crippen MR) is 92.9 cm³/mol. The van der Waals surface area contributed by atoms with Crippen molar-refractivity contribution in [1.82, 2.24) is 14.9 Å². The minimum atomic E-state index is -0.390. The highest BCUT2D eigenvalue weighted by Gasteiger charge is 2.18. The van der Waals surface area contributed by atoms with Gasteiger partial charge < -0.3 is 9.73 Å². The molecule has 0 bridgehead atoms. The van der Waals surface area contributed by atoms with Crippen LogP contribution >= 0.6 is 11.8 Å². The van der Waals surface area contributed by atoms with Crippen molar-refractivity contribution in [2.24, 2.45) is 7.05 Å². The Labute approximate surface area is 142 Å². The average Bonchev–Trinajstić information content (AvgIpc) is 3.10. The van der Waals surface area contributed by atoms with Crippen LogP contribution in [0.2, 0.25) is 0 Å². The fourth-order valence-corrected chi connectivity index (χ4v) is 3.14. The third kappa shape index (κ3) is 3.35. The summed E-state index contributed by atoms with van der Waals surface area (Å²) in [6.07, 6.45) is 1.56. The van der Waals surface area contributed by atoms with Crippen LogP contribution in [0.3, 0.4) is 0 Å². The molecule has 0 fully saturated rings. The molecular weight excluding hydrogens is 326 g/mol. The summed E-state index contributed by atoms with van der Waals surface area (Å²) in [6.45, 7) is 2.12. The molecule has 2 heterocycles. The van der Waals surface area contributed by atoms with Crippen LogP contribution in [-0.4, -0.2) is 20.7 Å². The van der Waals surface area contributed by atoms with Crippen molar-refractivity contribution in [3.63, 3.8) is 0 Å². The topological polar surface area (TPSA) is 77.1 Å². The zero-order valence-corrected chi connectivity index (χ0v) is 14.2. The van der Waals surface area contributed by atoms with Gasteiger partial charge >= 0.3 is 0 Å². The number of thioether (sulfide) groups is 1. The summed E-state index contributed by atoms with van der Waals surface area (Å²) in [5.74, 6) is 0.551. The number of nitrogens with one attached hydrogen (secondary N) is 1. The molecule has 0 aliphatic rings. The van der Waals surface area contributed by atoms with E-state index in [1.165, 1.54) is 16.3 Å². The van der Waals surface area contributed by atoms with Crippen molar-refractivity contribution < 1.29 is 9.21 Å². The molecule has 7 heteroatoms. The maximum atomic E-state index is 12.4. The number of fused-ring (bicyclic) bond motifs is 1. The van der Waals surface area contributed by atoms with E-state index in [2.05, 4.69) is 10.3 Å². The van der Waals surface area contributed by atoms with Gasteiger partial charge in [-0.3, -0.25) is 14.2 Å². The fraction of sp³-hybridized carbons (Fsp3) is 0.235. The van der Waals surface area contributed by atoms with Gasteiger partial charge in [0.05, 0.1) is 29.0 Å². The molecule has 3 rings (SSSR count). The van der Waals surface area contributed by atoms with E-state index in [1.807, 2.05) is 12.1 Å². The number of carbonyl (C=O) groups is 1. The lowest BCUT2D eigenvalue weighted by Gasteiger charge is -2.13. The Kier molecular flexibility index (Phi) is 4.71. The average molecular weight is 343 g/mol. The van der Waals surface area contributed by atoms with E-state index < -0.39 is 0 Å². The van der Waals surface area contributed by atoms with Gasteiger partial charge in [-0.1, -0.05) is 23.9 Å². The smallest absolute Gasteiger partial charge is 0.261 e. The number of nitrogens with zero attached hydrogens (tertiary/aromatic N) is 2. The molecule has 2 aromatic heterocycles. The molecule has 0 radical (unpaired) electrons. The molecule has 24 heavy (non-hydrogen) atoms. The number of para-hydroxylation sites is 1. The van der Waals surface area contributed by atoms with Gasteiger partial charge in [-0.05, 0) is 31.2 Å². The van der Waals surface area contributed by atoms with Crippen LogP contribution in [0.15, 0.2) is 57.0 Å². The van der Waals surface area contributed by atoms with Crippen LogP contribution in [0, 0.1) is 0 Å². The first kappa shape index (κ1) is 16.3. The lowest BCUT2D eigenvalue weighted by molar-refractivity contribution is -0.120. The maximum Gasteiger partial charge on any atom is 0.261 e. The maximum absolute atomic E-state index is 12.4. The number of hydrogen-bond acceptors (Lipinski definition) is 5. The van der Waals surface area contributed by atoms with E-state index in [4.69, 9.17) is 4.42 Å². The Balaban J connectivity index is 1.75. The van der Waals surface area contributed by atoms with Crippen molar-refractivity contribution in [1.29, 1.82) is 0 Å². The van der Waals surface area contributed by atoms with Crippen LogP contribution in [-0.2, 0) is 18.4 Å². The van der Waals surface area contributed by atoms with Gasteiger partial charge in [-0.15, -0.1) is 0 Å². The molecule has 0 saturated carbocycles. The van der Waals surface area contributed by atoms with Gasteiger partial charge in [0.1, 0.15) is 5.76 Å². The van der Waals surface area contributed by atoms with Crippen LogP contribution < -0.4 is 10.9 Å². The summed E-state index contributed by atoms with van der Waals surface area (Å²) < 4.78 is 6.66. The van der Waals surface area contributed by atoms with E-state index in [-0.39, 0.29) is 16.7 Å². The molecule has 1 amide bonds. The molecule has 1 atom stereocenters. The molecular formula is C17H17N3O3S. The van der Waals surface area contributed by atoms with E-state index in [9.17, 15) is 9.59 Å². The van der Waals surface area contributed by atoms with E-state index in [0.29, 0.717) is 28.4 Å². The SMILES string of the molecule is C[C@@H](Sc1nc2ccccc2c(=O)n1C)C(=O)NCc1ccco1. The van der Waals surface area contributed by atoms with Crippen molar-refractivity contribution in [2.75, 3.05) is 0 Å². The van der Waals surface area contributed by atoms with Gasteiger partial charge in [-0.2, -0.15) is 0 Å². The second-order valence-corrected chi connectivity index (χ2v) is 6.64. The first-order valence-corrected chi connectivity index (χ1v) is 8.37. The van der Waals surface area contributed by atoms with E-state index in [0.717, 1.165) is 0 Å². The Hall–Kier alpha value is -2.54. The number of carbonyl (C=O) groups excluding carboxylic acids is 1. The highest BCUT2D eigenvalue weighted by atomic mass is 32.2. The zero-order chi connectivity index (χ0) is 17.1. The third-order valence-corrected chi connectivity index (χ3v) is 4.75. The summed E-state index contributed by atoms with van der Waals surface area (Å²) in [6, 6.07) is 10.8. The Morgan fingerprint density at radius 2 is 2.12 bits per heavy atom. The zero-order valence-electron chi connectivity index (χ0n) is 13.4. The molecule has 0 aliphatic heterocycles. The van der Waals surface area contributed by atoms with Crippen molar-refractivity contribution >= 4 is 28.6 Å². The molecule has 1 aromatic carbocycles. The number of amides is 1. The number of rotatable bonds is 5. The second-order valence-electron chi connectivity index (χ2n) is 5.33. The number of aromatic nitrogens is 2. The van der Waals surface area contributed by atoms with Crippen LogP contribution in [0.25, 0.3) is 10.9 Å². The standard InChI is InChI=1S/C17H17N3O3S/c1-11(15(21)18-10-12-6-5-9-23-12)24-17-19-14-8-4-3-7-13(14)16(22)20(17)2/h3-9,11H,10H2,1-2H3,(H,18,21)/t11-/m1/s1. The number of hydrogen-bond donors (Lipinski definition) is 1. The van der Waals surface area contributed by atoms with Gasteiger partial charge in [0, 0.05) is 7.05 Å². The minimum absolute atomic E-state index is 0.119. The molecule has 0 unspecified atom stereocenters. The molecule has 1 N–H and O–H groups in total. The highest BCUT2D eigenvalue weighted by Crippen LogP contribution is 2.21. The monoisotopic (exact) mass is 343 g/mol. The van der Waals surface area contributed by atoms with E-state index in [1.54, 1.807) is 44.5 Å². The molecule has 3 aromatic rings. The first-order valence-electron chi connectivity index (χ1n) is 7.49. The molecule has 0 saturated heterocycles. The summed E-state index contributed by atoms with van der Waals surface area (Å²) in [7, 11) is 1.66. The normalized spacial score (nSPS) is 12.2. The van der Waals surface area contributed by atoms with Gasteiger partial charge in [0.2, 0.25) is 5.91 Å². The molecule has 6 nitrogen and oxygen atoms in total. The van der Waals surface area contributed by atoms with Crippen LogP contribution in [0.1, 0.15) is 12.7 Å². The third-order valence-electron chi connectivity index (χ3n) is 3.61. The Morgan fingerprint density at radius 3 is 2.88 bits per heavy atom. The quantitative estimate of drug-likeness (QED) is 0.568. The van der Waals surface area contributed by atoms with Gasteiger partial charge in [0.25, 0.3) is 5.56 Å². The lowest BCUT2D eigenvalue weighted by Crippen LogP contribution is -2.31. The van der Waals surface area contributed by atoms with E-state index >= 15 is 0 Å². The number of furan rings is 1. The summed E-state index contributed by atoms with van der Waals surface area (Å²) >= 11 is 1.25. The molecule has 124 valence electrons. The van der Waals surface area contributed by atoms with Crippen LogP contribution in [0.4, 0.5) is 0 Å². The first-order chi connectivity index (χ1) is 11.6. The largest absolute Gasteiger partial charge is 0.467 e. The summed E-state index contributed by atoms with van der Waals surface area (Å²) in [4.78, 5) is 29.1. The minimum Gasteiger partial charge on any atom is -0.467 e. The molecule has 0 aliphatic carbocycles. The predicted octanol–water partition coefficient (Wildman–Crippen LogP) is 2.32. The number of benzene rings is 1. The van der Waals surface area contributed by atoms with Crippen molar-refractivity contribution in [3.05, 3.63) is 58.8 Å². The van der Waals surface area contributed by atoms with Gasteiger partial charge in [-0.25, -0.2) is 4.98 Å². The summed E-state index contributed by atoms with van der Waals surface area (Å²) in [5, 5.41) is 3.50. The van der Waals surface area contributed by atoms with Crippen molar-refractivity contribution in [3.8, 4) is 0 Å². The second kappa shape index (κ2) is 6.92. The van der Waals surface area contributed by atoms with Crippen LogP contribution in [0.5, 0.6) is 0 Å². The highest BCUT2D eigenvalue weighted by molar-refractivity contribution is 8.00.